The Hall–Kier alpha value is -2.28. The zero-order chi connectivity index (χ0) is 14.0. The molecule has 0 aliphatic rings. The standard InChI is InChI=1S/C11H7ClFN3O3/c12-9-3-7(1-2-10(9)13)11(17)6-15-5-8(4-14-15)16(18)19/h1-5H,6H2. The van der Waals surface area contributed by atoms with Crippen molar-refractivity contribution in [1.29, 1.82) is 0 Å². The summed E-state index contributed by atoms with van der Waals surface area (Å²) >= 11 is 5.57. The van der Waals surface area contributed by atoms with Gasteiger partial charge in [-0.3, -0.25) is 19.6 Å². The molecule has 8 heteroatoms. The molecule has 0 atom stereocenters. The Kier molecular flexibility index (Phi) is 3.57. The highest BCUT2D eigenvalue weighted by atomic mass is 35.5. The van der Waals surface area contributed by atoms with Crippen molar-refractivity contribution < 1.29 is 14.1 Å². The third kappa shape index (κ3) is 2.94. The van der Waals surface area contributed by atoms with E-state index in [2.05, 4.69) is 5.10 Å². The molecule has 19 heavy (non-hydrogen) atoms. The van der Waals surface area contributed by atoms with Gasteiger partial charge in [-0.05, 0) is 18.2 Å². The summed E-state index contributed by atoms with van der Waals surface area (Å²) < 4.78 is 14.1. The number of Topliss-reactive ketones (excluding diaryl/α,β-unsaturated/α-hetero) is 1. The minimum absolute atomic E-state index is 0.155. The highest BCUT2D eigenvalue weighted by Gasteiger charge is 2.13. The Morgan fingerprint density at radius 2 is 2.26 bits per heavy atom. The fourth-order valence-corrected chi connectivity index (χ4v) is 1.62. The lowest BCUT2D eigenvalue weighted by atomic mass is 10.1. The van der Waals surface area contributed by atoms with Gasteiger partial charge in [-0.15, -0.1) is 0 Å². The maximum Gasteiger partial charge on any atom is 0.307 e. The molecule has 0 aliphatic carbocycles. The zero-order valence-electron chi connectivity index (χ0n) is 9.42. The molecule has 1 heterocycles. The quantitative estimate of drug-likeness (QED) is 0.490. The van der Waals surface area contributed by atoms with Gasteiger partial charge in [-0.25, -0.2) is 4.39 Å². The van der Waals surface area contributed by atoms with Crippen molar-refractivity contribution in [3.63, 3.8) is 0 Å². The highest BCUT2D eigenvalue weighted by molar-refractivity contribution is 6.31. The molecular weight excluding hydrogens is 277 g/mol. The topological polar surface area (TPSA) is 78.0 Å². The first-order chi connectivity index (χ1) is 8.97. The van der Waals surface area contributed by atoms with E-state index in [-0.39, 0.29) is 28.6 Å². The molecule has 0 fully saturated rings. The zero-order valence-corrected chi connectivity index (χ0v) is 10.2. The monoisotopic (exact) mass is 283 g/mol. The highest BCUT2D eigenvalue weighted by Crippen LogP contribution is 2.17. The summed E-state index contributed by atoms with van der Waals surface area (Å²) in [6.45, 7) is -0.185. The van der Waals surface area contributed by atoms with Crippen LogP contribution >= 0.6 is 11.6 Å². The second kappa shape index (κ2) is 5.15. The largest absolute Gasteiger partial charge is 0.307 e. The average Bonchev–Trinajstić information content (AvgIpc) is 2.81. The number of carbonyl (C=O) groups excluding carboxylic acids is 1. The molecule has 0 unspecified atom stereocenters. The molecule has 0 N–H and O–H groups in total. The fraction of sp³-hybridized carbons (Fsp3) is 0.0909. The van der Waals surface area contributed by atoms with Crippen molar-refractivity contribution in [3.8, 4) is 0 Å². The summed E-state index contributed by atoms with van der Waals surface area (Å²) in [4.78, 5) is 21.7. The summed E-state index contributed by atoms with van der Waals surface area (Å²) in [7, 11) is 0. The molecule has 0 bridgehead atoms. The molecule has 0 radical (unpaired) electrons. The van der Waals surface area contributed by atoms with Crippen molar-refractivity contribution in [3.05, 3.63) is 57.1 Å². The maximum atomic E-state index is 12.9. The summed E-state index contributed by atoms with van der Waals surface area (Å²) in [5.74, 6) is -0.993. The Labute approximate surface area is 111 Å². The number of hydrogen-bond acceptors (Lipinski definition) is 4. The molecule has 0 saturated carbocycles. The van der Waals surface area contributed by atoms with Crippen molar-refractivity contribution in [2.75, 3.05) is 0 Å². The molecule has 2 aromatic rings. The van der Waals surface area contributed by atoms with Gasteiger partial charge in [-0.1, -0.05) is 11.6 Å². The number of nitro groups is 1. The minimum Gasteiger partial charge on any atom is -0.292 e. The van der Waals surface area contributed by atoms with E-state index in [1.807, 2.05) is 0 Å². The van der Waals surface area contributed by atoms with Gasteiger partial charge in [0.05, 0.1) is 9.95 Å². The van der Waals surface area contributed by atoms with Gasteiger partial charge >= 0.3 is 5.69 Å². The van der Waals surface area contributed by atoms with Crippen LogP contribution in [-0.4, -0.2) is 20.5 Å². The van der Waals surface area contributed by atoms with Crippen LogP contribution in [0.4, 0.5) is 10.1 Å². The summed E-state index contributed by atoms with van der Waals surface area (Å²) in [6.07, 6.45) is 2.19. The predicted octanol–water partition coefficient (Wildman–Crippen LogP) is 2.47. The number of ketones is 1. The normalized spacial score (nSPS) is 10.4. The van der Waals surface area contributed by atoms with E-state index in [1.165, 1.54) is 12.1 Å². The number of halogens is 2. The third-order valence-electron chi connectivity index (χ3n) is 2.38. The third-order valence-corrected chi connectivity index (χ3v) is 2.67. The number of hydrogen-bond donors (Lipinski definition) is 0. The van der Waals surface area contributed by atoms with Crippen LogP contribution in [-0.2, 0) is 6.54 Å². The Balaban J connectivity index is 2.15. The van der Waals surface area contributed by atoms with Gasteiger partial charge in [0.15, 0.2) is 5.78 Å². The van der Waals surface area contributed by atoms with E-state index in [9.17, 15) is 19.3 Å². The van der Waals surface area contributed by atoms with Gasteiger partial charge in [0.1, 0.15) is 24.8 Å². The second-order valence-electron chi connectivity index (χ2n) is 3.71. The minimum atomic E-state index is -0.618. The van der Waals surface area contributed by atoms with Crippen molar-refractivity contribution in [2.45, 2.75) is 6.54 Å². The molecule has 1 aromatic heterocycles. The maximum absolute atomic E-state index is 12.9. The molecule has 0 spiro atoms. The van der Waals surface area contributed by atoms with Crippen molar-refractivity contribution >= 4 is 23.1 Å². The first-order valence-electron chi connectivity index (χ1n) is 5.12. The number of carbonyl (C=O) groups is 1. The van der Waals surface area contributed by atoms with E-state index < -0.39 is 10.7 Å². The lowest BCUT2D eigenvalue weighted by Crippen LogP contribution is -2.10. The smallest absolute Gasteiger partial charge is 0.292 e. The Morgan fingerprint density at radius 3 is 2.84 bits per heavy atom. The van der Waals surface area contributed by atoms with Crippen LogP contribution in [0.1, 0.15) is 10.4 Å². The van der Waals surface area contributed by atoms with Crippen molar-refractivity contribution in [1.82, 2.24) is 9.78 Å². The van der Waals surface area contributed by atoms with Crippen LogP contribution < -0.4 is 0 Å². The number of rotatable bonds is 4. The summed E-state index contributed by atoms with van der Waals surface area (Å²) in [6, 6.07) is 3.58. The Morgan fingerprint density at radius 1 is 1.53 bits per heavy atom. The molecular formula is C11H7ClFN3O3. The number of nitrogens with zero attached hydrogens (tertiary/aromatic N) is 3. The van der Waals surface area contributed by atoms with Crippen LogP contribution in [0.3, 0.4) is 0 Å². The molecule has 2 rings (SSSR count). The lowest BCUT2D eigenvalue weighted by Gasteiger charge is -2.02. The van der Waals surface area contributed by atoms with Crippen LogP contribution in [0.15, 0.2) is 30.6 Å². The predicted molar refractivity (Wildman–Crippen MR) is 64.6 cm³/mol. The van der Waals surface area contributed by atoms with Gasteiger partial charge < -0.3 is 0 Å². The first-order valence-corrected chi connectivity index (χ1v) is 5.50. The molecule has 0 aliphatic heterocycles. The lowest BCUT2D eigenvalue weighted by molar-refractivity contribution is -0.385. The van der Waals surface area contributed by atoms with Gasteiger partial charge in [0.25, 0.3) is 0 Å². The van der Waals surface area contributed by atoms with Crippen LogP contribution in [0.5, 0.6) is 0 Å². The van der Waals surface area contributed by atoms with Gasteiger partial charge in [0, 0.05) is 5.56 Å². The summed E-state index contributed by atoms with van der Waals surface area (Å²) in [5, 5.41) is 14.0. The molecule has 0 saturated heterocycles. The number of aromatic nitrogens is 2. The second-order valence-corrected chi connectivity index (χ2v) is 4.11. The molecule has 6 nitrogen and oxygen atoms in total. The van der Waals surface area contributed by atoms with Crippen molar-refractivity contribution in [2.24, 2.45) is 0 Å². The van der Waals surface area contributed by atoms with E-state index in [0.717, 1.165) is 23.1 Å². The average molecular weight is 284 g/mol. The number of benzene rings is 1. The summed E-state index contributed by atoms with van der Waals surface area (Å²) in [5.41, 5.74) is 0.00879. The van der Waals surface area contributed by atoms with Gasteiger partial charge in [-0.2, -0.15) is 5.10 Å². The van der Waals surface area contributed by atoms with Gasteiger partial charge in [0.2, 0.25) is 0 Å². The van der Waals surface area contributed by atoms with Crippen LogP contribution in [0.2, 0.25) is 5.02 Å². The van der Waals surface area contributed by atoms with Crippen LogP contribution in [0.25, 0.3) is 0 Å². The Bertz CT molecular complexity index is 656. The van der Waals surface area contributed by atoms with E-state index in [4.69, 9.17) is 11.6 Å². The van der Waals surface area contributed by atoms with E-state index in [0.29, 0.717) is 0 Å². The molecule has 98 valence electrons. The molecule has 1 aromatic carbocycles. The van der Waals surface area contributed by atoms with Crippen LogP contribution in [0, 0.1) is 15.9 Å². The van der Waals surface area contributed by atoms with E-state index >= 15 is 0 Å². The fourth-order valence-electron chi connectivity index (χ4n) is 1.44. The molecule has 0 amide bonds. The first kappa shape index (κ1) is 13.2. The van der Waals surface area contributed by atoms with E-state index in [1.54, 1.807) is 0 Å². The SMILES string of the molecule is O=C(Cn1cc([N+](=O)[O-])cn1)c1ccc(F)c(Cl)c1.